The molecule has 0 aliphatic carbocycles. The first-order chi connectivity index (χ1) is 11.6. The molecule has 128 valence electrons. The summed E-state index contributed by atoms with van der Waals surface area (Å²) in [5.41, 5.74) is 0.598. The van der Waals surface area contributed by atoms with Gasteiger partial charge in [-0.25, -0.2) is 8.42 Å². The third-order valence-electron chi connectivity index (χ3n) is 4.85. The second-order valence-corrected chi connectivity index (χ2v) is 8.66. The summed E-state index contributed by atoms with van der Waals surface area (Å²) in [5.74, 6) is 1.94. The van der Waals surface area contributed by atoms with E-state index in [9.17, 15) is 8.42 Å². The first-order valence-electron chi connectivity index (χ1n) is 8.17. The van der Waals surface area contributed by atoms with Crippen LogP contribution in [0.3, 0.4) is 0 Å². The molecule has 0 bridgehead atoms. The van der Waals surface area contributed by atoms with Crippen molar-refractivity contribution in [3.05, 3.63) is 24.2 Å². The highest BCUT2D eigenvalue weighted by Crippen LogP contribution is 2.30. The lowest BCUT2D eigenvalue weighted by Gasteiger charge is -2.34. The standard InChI is InChI=1S/C15H19N5O3S/c21-24(22)9-5-12(10-24)20-7-3-11(4-8-20)15-17-14(19-23-15)13-2-1-6-16-18-13/h1-2,6,11-12H,3-5,7-10H2/t12-/m0/s1. The summed E-state index contributed by atoms with van der Waals surface area (Å²) in [4.78, 5) is 6.75. The third kappa shape index (κ3) is 3.18. The maximum atomic E-state index is 11.6. The number of sulfone groups is 1. The van der Waals surface area contributed by atoms with Crippen LogP contribution in [0.4, 0.5) is 0 Å². The summed E-state index contributed by atoms with van der Waals surface area (Å²) in [7, 11) is -2.83. The molecule has 1 atom stereocenters. The van der Waals surface area contributed by atoms with E-state index < -0.39 is 9.84 Å². The van der Waals surface area contributed by atoms with E-state index in [0.717, 1.165) is 32.4 Å². The Morgan fingerprint density at radius 2 is 2.04 bits per heavy atom. The highest BCUT2D eigenvalue weighted by atomic mass is 32.2. The van der Waals surface area contributed by atoms with Crippen LogP contribution in [0.25, 0.3) is 11.5 Å². The van der Waals surface area contributed by atoms with E-state index in [1.54, 1.807) is 18.3 Å². The number of rotatable bonds is 3. The molecule has 0 N–H and O–H groups in total. The van der Waals surface area contributed by atoms with Crippen LogP contribution in [-0.2, 0) is 9.84 Å². The zero-order valence-electron chi connectivity index (χ0n) is 13.2. The van der Waals surface area contributed by atoms with Crippen LogP contribution in [0, 0.1) is 0 Å². The van der Waals surface area contributed by atoms with Crippen molar-refractivity contribution in [1.82, 2.24) is 25.2 Å². The maximum absolute atomic E-state index is 11.6. The van der Waals surface area contributed by atoms with Crippen molar-refractivity contribution >= 4 is 9.84 Å². The molecule has 0 spiro atoms. The van der Waals surface area contributed by atoms with Crippen LogP contribution in [0.5, 0.6) is 0 Å². The van der Waals surface area contributed by atoms with E-state index in [2.05, 4.69) is 25.2 Å². The van der Waals surface area contributed by atoms with Crippen LogP contribution in [-0.4, -0.2) is 64.3 Å². The largest absolute Gasteiger partial charge is 0.339 e. The molecular weight excluding hydrogens is 330 g/mol. The Morgan fingerprint density at radius 3 is 2.71 bits per heavy atom. The van der Waals surface area contributed by atoms with Gasteiger partial charge in [0.15, 0.2) is 9.84 Å². The van der Waals surface area contributed by atoms with Gasteiger partial charge in [0, 0.05) is 18.2 Å². The average Bonchev–Trinajstić information content (AvgIpc) is 3.23. The highest BCUT2D eigenvalue weighted by molar-refractivity contribution is 7.91. The van der Waals surface area contributed by atoms with Gasteiger partial charge in [0.05, 0.1) is 11.5 Å². The fourth-order valence-electron chi connectivity index (χ4n) is 3.50. The molecule has 2 aliphatic rings. The van der Waals surface area contributed by atoms with E-state index in [1.807, 2.05) is 0 Å². The molecule has 2 fully saturated rings. The summed E-state index contributed by atoms with van der Waals surface area (Å²) in [6.45, 7) is 1.74. The molecular formula is C15H19N5O3S. The van der Waals surface area contributed by atoms with Gasteiger partial charge in [0.25, 0.3) is 0 Å². The van der Waals surface area contributed by atoms with Crippen molar-refractivity contribution in [2.24, 2.45) is 0 Å². The quantitative estimate of drug-likeness (QED) is 0.805. The summed E-state index contributed by atoms with van der Waals surface area (Å²) < 4.78 is 28.7. The molecule has 24 heavy (non-hydrogen) atoms. The average molecular weight is 349 g/mol. The molecule has 2 aromatic rings. The van der Waals surface area contributed by atoms with Crippen LogP contribution < -0.4 is 0 Å². The highest BCUT2D eigenvalue weighted by Gasteiger charge is 2.35. The van der Waals surface area contributed by atoms with Crippen molar-refractivity contribution in [2.75, 3.05) is 24.6 Å². The monoisotopic (exact) mass is 349 g/mol. The second-order valence-electron chi connectivity index (χ2n) is 6.43. The molecule has 0 radical (unpaired) electrons. The lowest BCUT2D eigenvalue weighted by Crippen LogP contribution is -2.41. The lowest BCUT2D eigenvalue weighted by atomic mass is 9.95. The molecule has 4 heterocycles. The smallest absolute Gasteiger partial charge is 0.230 e. The first kappa shape index (κ1) is 15.6. The molecule has 0 aromatic carbocycles. The van der Waals surface area contributed by atoms with E-state index in [1.165, 1.54) is 0 Å². The Labute approximate surface area is 140 Å². The minimum absolute atomic E-state index is 0.175. The Morgan fingerprint density at radius 1 is 1.21 bits per heavy atom. The van der Waals surface area contributed by atoms with Crippen molar-refractivity contribution in [2.45, 2.75) is 31.2 Å². The number of aromatic nitrogens is 4. The van der Waals surface area contributed by atoms with Gasteiger partial charge in [-0.3, -0.25) is 4.90 Å². The van der Waals surface area contributed by atoms with Gasteiger partial charge in [0.1, 0.15) is 5.69 Å². The van der Waals surface area contributed by atoms with Crippen LogP contribution >= 0.6 is 0 Å². The number of hydrogen-bond donors (Lipinski definition) is 0. The molecule has 2 saturated heterocycles. The predicted octanol–water partition coefficient (Wildman–Crippen LogP) is 0.893. The Kier molecular flexibility index (Phi) is 4.05. The molecule has 2 aliphatic heterocycles. The summed E-state index contributed by atoms with van der Waals surface area (Å²) in [6, 6.07) is 3.76. The van der Waals surface area contributed by atoms with Crippen LogP contribution in [0.15, 0.2) is 22.9 Å². The Balaban J connectivity index is 1.39. The van der Waals surface area contributed by atoms with E-state index in [4.69, 9.17) is 4.52 Å². The number of nitrogens with zero attached hydrogens (tertiary/aromatic N) is 5. The van der Waals surface area contributed by atoms with Crippen molar-refractivity contribution in [1.29, 1.82) is 0 Å². The normalized spacial score (nSPS) is 25.1. The van der Waals surface area contributed by atoms with Gasteiger partial charge in [-0.05, 0) is 44.5 Å². The Bertz CT molecular complexity index is 800. The summed E-state index contributed by atoms with van der Waals surface area (Å²) in [5, 5.41) is 11.8. The predicted molar refractivity (Wildman–Crippen MR) is 85.9 cm³/mol. The number of piperidine rings is 1. The van der Waals surface area contributed by atoms with Crippen molar-refractivity contribution < 1.29 is 12.9 Å². The van der Waals surface area contributed by atoms with Crippen molar-refractivity contribution in [3.63, 3.8) is 0 Å². The third-order valence-corrected chi connectivity index (χ3v) is 6.60. The van der Waals surface area contributed by atoms with E-state index in [0.29, 0.717) is 28.9 Å². The van der Waals surface area contributed by atoms with Gasteiger partial charge >= 0.3 is 0 Å². The molecule has 8 nitrogen and oxygen atoms in total. The SMILES string of the molecule is O=S1(=O)CC[C@H](N2CCC(c3nc(-c4cccnn4)no3)CC2)C1. The molecule has 2 aromatic heterocycles. The van der Waals surface area contributed by atoms with Gasteiger partial charge in [-0.1, -0.05) is 5.16 Å². The topological polar surface area (TPSA) is 102 Å². The first-order valence-corrected chi connectivity index (χ1v) is 9.99. The molecule has 0 unspecified atom stereocenters. The zero-order valence-corrected chi connectivity index (χ0v) is 14.0. The Hall–Kier alpha value is -1.87. The molecule has 0 saturated carbocycles. The second kappa shape index (κ2) is 6.21. The van der Waals surface area contributed by atoms with Gasteiger partial charge in [-0.15, -0.1) is 5.10 Å². The maximum Gasteiger partial charge on any atom is 0.230 e. The van der Waals surface area contributed by atoms with E-state index >= 15 is 0 Å². The zero-order chi connectivity index (χ0) is 16.6. The fraction of sp³-hybridized carbons (Fsp3) is 0.600. The number of likely N-dealkylation sites (tertiary alicyclic amines) is 1. The minimum Gasteiger partial charge on any atom is -0.339 e. The summed E-state index contributed by atoms with van der Waals surface area (Å²) >= 11 is 0. The summed E-state index contributed by atoms with van der Waals surface area (Å²) in [6.07, 6.45) is 4.16. The minimum atomic E-state index is -2.83. The van der Waals surface area contributed by atoms with Crippen molar-refractivity contribution in [3.8, 4) is 11.5 Å². The van der Waals surface area contributed by atoms with E-state index in [-0.39, 0.29) is 12.0 Å². The fourth-order valence-corrected chi connectivity index (χ4v) is 5.26. The van der Waals surface area contributed by atoms with Crippen LogP contribution in [0.2, 0.25) is 0 Å². The molecule has 9 heteroatoms. The molecule has 0 amide bonds. The molecule has 4 rings (SSSR count). The van der Waals surface area contributed by atoms with Gasteiger partial charge < -0.3 is 4.52 Å². The van der Waals surface area contributed by atoms with Gasteiger partial charge in [0.2, 0.25) is 11.7 Å². The van der Waals surface area contributed by atoms with Gasteiger partial charge in [-0.2, -0.15) is 10.1 Å². The lowest BCUT2D eigenvalue weighted by molar-refractivity contribution is 0.153. The van der Waals surface area contributed by atoms with Crippen LogP contribution in [0.1, 0.15) is 31.1 Å². The number of hydrogen-bond acceptors (Lipinski definition) is 8.